The molecule has 5 aliphatic carbocycles. The number of nitrogens with zero attached hydrogens (tertiary/aromatic N) is 1. The molecule has 1 aromatic carbocycles. The number of carbonyl (C=O) groups excluding carboxylic acids is 2. The first-order valence-electron chi connectivity index (χ1n) is 17.3. The maximum atomic E-state index is 14.0. The third-order valence-electron chi connectivity index (χ3n) is 12.6. The Morgan fingerprint density at radius 2 is 1.58 bits per heavy atom. The third-order valence-corrected chi connectivity index (χ3v) is 12.6. The van der Waals surface area contributed by atoms with E-state index in [0.717, 1.165) is 13.8 Å². The van der Waals surface area contributed by atoms with E-state index in [1.165, 1.54) is 6.92 Å². The summed E-state index contributed by atoms with van der Waals surface area (Å²) in [6, 6.07) is 6.89. The number of amides is 1. The SMILES string of the molecule is CC(=O)O.CC(=O)O.CCN1C[C@]2(OC(=O)c3ccccc3NC(C)=O)CC[C@H](OC)[C@]34C1[C@H](C[C@H]23)[C@@]1(O)C[C@H](OC)[C@H]2C[C@@H]4[C@]1(O)[C@H]2OC. The van der Waals surface area contributed by atoms with Crippen molar-refractivity contribution in [2.45, 2.75) is 101 Å². The molecule has 7 rings (SSSR count). The van der Waals surface area contributed by atoms with Crippen molar-refractivity contribution in [3.05, 3.63) is 29.8 Å². The lowest BCUT2D eigenvalue weighted by Gasteiger charge is -2.70. The zero-order valence-corrected chi connectivity index (χ0v) is 29.9. The Hall–Kier alpha value is -3.14. The second-order valence-electron chi connectivity index (χ2n) is 14.7. The Labute approximate surface area is 292 Å². The van der Waals surface area contributed by atoms with Crippen LogP contribution in [0.25, 0.3) is 0 Å². The number of para-hydroxylation sites is 1. The molecule has 278 valence electrons. The summed E-state index contributed by atoms with van der Waals surface area (Å²) in [5.41, 5.74) is -3.57. The first kappa shape index (κ1) is 38.1. The Bertz CT molecular complexity index is 1470. The number of carboxylic acids is 2. The lowest BCUT2D eigenvalue weighted by Crippen LogP contribution is -2.83. The third kappa shape index (κ3) is 5.45. The highest BCUT2D eigenvalue weighted by Crippen LogP contribution is 2.79. The van der Waals surface area contributed by atoms with Crippen molar-refractivity contribution >= 4 is 29.5 Å². The van der Waals surface area contributed by atoms with Crippen molar-refractivity contribution in [2.24, 2.45) is 29.1 Å². The van der Waals surface area contributed by atoms with Crippen molar-refractivity contribution in [3.8, 4) is 0 Å². The minimum Gasteiger partial charge on any atom is -0.481 e. The van der Waals surface area contributed by atoms with Crippen molar-refractivity contribution in [1.29, 1.82) is 0 Å². The second kappa shape index (κ2) is 13.8. The number of aliphatic hydroxyl groups is 2. The molecule has 6 fully saturated rings. The highest BCUT2D eigenvalue weighted by molar-refractivity contribution is 6.00. The van der Waals surface area contributed by atoms with Gasteiger partial charge in [0.1, 0.15) is 16.8 Å². The average Bonchev–Trinajstić information content (AvgIpc) is 3.46. The maximum absolute atomic E-state index is 14.0. The van der Waals surface area contributed by atoms with Gasteiger partial charge in [-0.1, -0.05) is 19.1 Å². The molecule has 5 saturated carbocycles. The minimum atomic E-state index is -1.48. The molecule has 0 radical (unpaired) electrons. The van der Waals surface area contributed by atoms with E-state index in [9.17, 15) is 19.8 Å². The summed E-state index contributed by atoms with van der Waals surface area (Å²) in [4.78, 5) is 46.3. The minimum absolute atomic E-state index is 0.0432. The van der Waals surface area contributed by atoms with Gasteiger partial charge < -0.3 is 44.7 Å². The molecular formula is C36H52N2O12. The zero-order chi connectivity index (χ0) is 37.0. The number of piperidine rings is 1. The van der Waals surface area contributed by atoms with Crippen molar-refractivity contribution in [1.82, 2.24) is 4.90 Å². The molecule has 12 atom stereocenters. The van der Waals surface area contributed by atoms with Gasteiger partial charge >= 0.3 is 5.97 Å². The highest BCUT2D eigenvalue weighted by Gasteiger charge is 2.89. The molecule has 50 heavy (non-hydrogen) atoms. The van der Waals surface area contributed by atoms with Crippen LogP contribution < -0.4 is 5.32 Å². The molecule has 1 heterocycles. The number of carboxylic acid groups (broad SMARTS) is 2. The predicted molar refractivity (Wildman–Crippen MR) is 178 cm³/mol. The van der Waals surface area contributed by atoms with E-state index in [1.807, 2.05) is 0 Å². The number of fused-ring (bicyclic) bond motifs is 2. The fraction of sp³-hybridized carbons (Fsp3) is 0.722. The van der Waals surface area contributed by atoms with Crippen LogP contribution in [-0.4, -0.2) is 125 Å². The number of rotatable bonds is 7. The normalized spacial score (nSPS) is 41.5. The van der Waals surface area contributed by atoms with Gasteiger partial charge in [-0.3, -0.25) is 19.3 Å². The fourth-order valence-electron chi connectivity index (χ4n) is 11.6. The van der Waals surface area contributed by atoms with Gasteiger partial charge in [-0.25, -0.2) is 4.79 Å². The van der Waals surface area contributed by atoms with Gasteiger partial charge in [0.05, 0.1) is 29.6 Å². The van der Waals surface area contributed by atoms with Crippen LogP contribution in [0.5, 0.6) is 0 Å². The molecule has 5 N–H and O–H groups in total. The molecule has 0 aromatic heterocycles. The number of likely N-dealkylation sites (tertiary alicyclic amines) is 1. The second-order valence-corrected chi connectivity index (χ2v) is 14.7. The van der Waals surface area contributed by atoms with Gasteiger partial charge in [-0.2, -0.15) is 0 Å². The van der Waals surface area contributed by atoms with E-state index in [4.69, 9.17) is 38.7 Å². The lowest BCUT2D eigenvalue weighted by atomic mass is 9.44. The monoisotopic (exact) mass is 704 g/mol. The van der Waals surface area contributed by atoms with Crippen LogP contribution in [0.15, 0.2) is 24.3 Å². The Morgan fingerprint density at radius 3 is 2.14 bits per heavy atom. The number of hydrogen-bond donors (Lipinski definition) is 5. The summed E-state index contributed by atoms with van der Waals surface area (Å²) in [5.74, 6) is -3.21. The average molecular weight is 705 g/mol. The number of benzene rings is 1. The largest absolute Gasteiger partial charge is 0.481 e. The summed E-state index contributed by atoms with van der Waals surface area (Å²) < 4.78 is 25.1. The van der Waals surface area contributed by atoms with Gasteiger partial charge in [-0.15, -0.1) is 0 Å². The van der Waals surface area contributed by atoms with E-state index in [0.29, 0.717) is 56.4 Å². The summed E-state index contributed by atoms with van der Waals surface area (Å²) in [6.45, 7) is 6.95. The number of methoxy groups -OCH3 is 3. The molecule has 1 unspecified atom stereocenters. The Kier molecular flexibility index (Phi) is 10.5. The number of hydrogen-bond acceptors (Lipinski definition) is 11. The van der Waals surface area contributed by atoms with Crippen LogP contribution in [0, 0.1) is 29.1 Å². The molecule has 7 bridgehead atoms. The van der Waals surface area contributed by atoms with E-state index >= 15 is 0 Å². The number of carbonyl (C=O) groups is 4. The Balaban J connectivity index is 0.000000552. The van der Waals surface area contributed by atoms with Crippen LogP contribution in [0.3, 0.4) is 0 Å². The molecule has 1 aromatic rings. The lowest BCUT2D eigenvalue weighted by molar-refractivity contribution is -0.337. The summed E-state index contributed by atoms with van der Waals surface area (Å²) in [7, 11) is 5.05. The summed E-state index contributed by atoms with van der Waals surface area (Å²) >= 11 is 0. The first-order chi connectivity index (χ1) is 23.5. The molecule has 14 heteroatoms. The molecule has 1 spiro atoms. The van der Waals surface area contributed by atoms with Gasteiger partial charge in [-0.05, 0) is 44.4 Å². The number of nitrogens with one attached hydrogen (secondary N) is 1. The van der Waals surface area contributed by atoms with Crippen LogP contribution >= 0.6 is 0 Å². The number of esters is 1. The predicted octanol–water partition coefficient (Wildman–Crippen LogP) is 2.40. The fourth-order valence-corrected chi connectivity index (χ4v) is 11.6. The van der Waals surface area contributed by atoms with Crippen LogP contribution in [0.4, 0.5) is 5.69 Å². The molecule has 1 amide bonds. The number of aliphatic carboxylic acids is 2. The number of anilines is 1. The van der Waals surface area contributed by atoms with E-state index in [-0.39, 0.29) is 47.8 Å². The smallest absolute Gasteiger partial charge is 0.340 e. The zero-order valence-electron chi connectivity index (χ0n) is 29.9. The van der Waals surface area contributed by atoms with Gasteiger partial charge in [0, 0.05) is 90.2 Å². The molecule has 14 nitrogen and oxygen atoms in total. The number of likely N-dealkylation sites (N-methyl/N-ethyl adjacent to an activating group) is 1. The molecule has 6 aliphatic rings. The number of ether oxygens (including phenoxy) is 4. The topological polar surface area (TPSA) is 201 Å². The molecule has 1 aliphatic heterocycles. The maximum Gasteiger partial charge on any atom is 0.340 e. The van der Waals surface area contributed by atoms with Crippen molar-refractivity contribution in [2.75, 3.05) is 39.7 Å². The van der Waals surface area contributed by atoms with Crippen LogP contribution in [0.1, 0.15) is 70.2 Å². The van der Waals surface area contributed by atoms with Gasteiger partial charge in [0.25, 0.3) is 11.9 Å². The summed E-state index contributed by atoms with van der Waals surface area (Å²) in [5, 5.41) is 43.3. The van der Waals surface area contributed by atoms with E-state index in [1.54, 1.807) is 45.6 Å². The molecule has 1 saturated heterocycles. The van der Waals surface area contributed by atoms with Crippen molar-refractivity contribution in [3.63, 3.8) is 0 Å². The quantitative estimate of drug-likeness (QED) is 0.259. The van der Waals surface area contributed by atoms with Crippen LogP contribution in [0.2, 0.25) is 0 Å². The standard InChI is InChI=1S/C32H44N2O8.2C2H4O2/c1-6-34-16-29(42-28(36)18-9-7-8-10-21(18)33-17(2)35)12-11-25(40-4)31-23(29)14-20(26(31)34)30(37)15-22(39-3)19-13-24(31)32(30,38)27(19)41-5;2*1-2(3)4/h7-10,19-20,22-27,37-38H,6,11-16H2,1-5H3,(H,33,35);2*1H3,(H,3,4)/t19-,20+,22+,23-,24+,25+,26?,27+,29-,30+,31+,32+;;/m1../s1. The van der Waals surface area contributed by atoms with E-state index in [2.05, 4.69) is 17.1 Å². The Morgan fingerprint density at radius 1 is 0.940 bits per heavy atom. The van der Waals surface area contributed by atoms with Gasteiger partial charge in [0.15, 0.2) is 0 Å². The first-order valence-corrected chi connectivity index (χ1v) is 17.3. The van der Waals surface area contributed by atoms with Crippen molar-refractivity contribution < 1.29 is 58.6 Å². The van der Waals surface area contributed by atoms with E-state index < -0.39 is 46.2 Å². The van der Waals surface area contributed by atoms with Crippen LogP contribution in [-0.2, 0) is 33.3 Å². The molecular weight excluding hydrogens is 652 g/mol. The highest BCUT2D eigenvalue weighted by atomic mass is 16.6. The van der Waals surface area contributed by atoms with Gasteiger partial charge in [0.2, 0.25) is 5.91 Å². The summed E-state index contributed by atoms with van der Waals surface area (Å²) in [6.07, 6.45) is 1.91.